The number of nitrogens with two attached hydrogens (primary N) is 1. The van der Waals surface area contributed by atoms with Crippen LogP contribution in [-0.2, 0) is 21.4 Å². The van der Waals surface area contributed by atoms with Gasteiger partial charge in [0.15, 0.2) is 11.5 Å². The maximum Gasteiger partial charge on any atom is 0.230 e. The van der Waals surface area contributed by atoms with E-state index in [1.165, 1.54) is 12.1 Å². The zero-order chi connectivity index (χ0) is 28.3. The van der Waals surface area contributed by atoms with E-state index in [0.717, 1.165) is 18.4 Å². The Morgan fingerprint density at radius 3 is 2.47 bits per heavy atom. The van der Waals surface area contributed by atoms with Gasteiger partial charge in [-0.1, -0.05) is 32.0 Å². The Morgan fingerprint density at radius 2 is 1.84 bits per heavy atom. The zero-order valence-electron chi connectivity index (χ0n) is 23.6. The molecule has 1 amide bonds. The predicted molar refractivity (Wildman–Crippen MR) is 148 cm³/mol. The quantitative estimate of drug-likeness (QED) is 0.280. The van der Waals surface area contributed by atoms with E-state index in [0.29, 0.717) is 42.6 Å². The topological polar surface area (TPSA) is 103 Å². The number of hydrogen-bond acceptors (Lipinski definition) is 6. The average molecular weight is 533 g/mol. The molecule has 0 radical (unpaired) electrons. The molecule has 0 saturated heterocycles. The molecule has 0 spiro atoms. The SMILES string of the molecule is COCCCOc1cc(CC(CC(N)C(O)CNC(=O)C(C)(C)c2cccc(F)c2)C(C)C)ccc1OC. The first-order valence-electron chi connectivity index (χ1n) is 13.3. The summed E-state index contributed by atoms with van der Waals surface area (Å²) in [6, 6.07) is 11.4. The summed E-state index contributed by atoms with van der Waals surface area (Å²) in [7, 11) is 3.28. The number of benzene rings is 2. The van der Waals surface area contributed by atoms with Crippen LogP contribution in [0.15, 0.2) is 42.5 Å². The Labute approximate surface area is 226 Å². The number of aliphatic hydroxyl groups is 1. The molecule has 2 aromatic carbocycles. The monoisotopic (exact) mass is 532 g/mol. The lowest BCUT2D eigenvalue weighted by Crippen LogP contribution is -2.48. The number of amides is 1. The molecule has 0 bridgehead atoms. The van der Waals surface area contributed by atoms with E-state index in [4.69, 9.17) is 19.9 Å². The van der Waals surface area contributed by atoms with Gasteiger partial charge in [0.25, 0.3) is 0 Å². The number of ether oxygens (including phenoxy) is 3. The van der Waals surface area contributed by atoms with E-state index in [1.54, 1.807) is 40.2 Å². The van der Waals surface area contributed by atoms with Crippen LogP contribution in [0.2, 0.25) is 0 Å². The second-order valence-electron chi connectivity index (χ2n) is 10.7. The van der Waals surface area contributed by atoms with Gasteiger partial charge in [-0.2, -0.15) is 0 Å². The molecule has 0 aliphatic heterocycles. The fourth-order valence-corrected chi connectivity index (χ4v) is 4.32. The molecule has 0 saturated carbocycles. The fraction of sp³-hybridized carbons (Fsp3) is 0.567. The summed E-state index contributed by atoms with van der Waals surface area (Å²) in [4.78, 5) is 12.9. The largest absolute Gasteiger partial charge is 0.493 e. The molecule has 0 aliphatic carbocycles. The van der Waals surface area contributed by atoms with E-state index in [-0.39, 0.29) is 18.4 Å². The Morgan fingerprint density at radius 1 is 1.11 bits per heavy atom. The summed E-state index contributed by atoms with van der Waals surface area (Å²) >= 11 is 0. The predicted octanol–water partition coefficient (Wildman–Crippen LogP) is 4.24. The molecule has 212 valence electrons. The van der Waals surface area contributed by atoms with Crippen LogP contribution in [0.5, 0.6) is 11.5 Å². The van der Waals surface area contributed by atoms with Crippen LogP contribution in [0, 0.1) is 17.7 Å². The molecule has 0 fully saturated rings. The minimum atomic E-state index is -0.954. The second-order valence-corrected chi connectivity index (χ2v) is 10.7. The molecule has 0 heterocycles. The minimum Gasteiger partial charge on any atom is -0.493 e. The van der Waals surface area contributed by atoms with Gasteiger partial charge in [-0.05, 0) is 73.9 Å². The van der Waals surface area contributed by atoms with Gasteiger partial charge in [0, 0.05) is 32.7 Å². The van der Waals surface area contributed by atoms with Crippen LogP contribution >= 0.6 is 0 Å². The number of rotatable bonds is 16. The Kier molecular flexibility index (Phi) is 12.5. The first-order chi connectivity index (χ1) is 18.0. The van der Waals surface area contributed by atoms with Crippen LogP contribution in [0.1, 0.15) is 51.7 Å². The summed E-state index contributed by atoms with van der Waals surface area (Å²) in [5.74, 6) is 1.20. The summed E-state index contributed by atoms with van der Waals surface area (Å²) in [6.45, 7) is 8.90. The van der Waals surface area contributed by atoms with Crippen molar-refractivity contribution in [3.63, 3.8) is 0 Å². The highest BCUT2D eigenvalue weighted by molar-refractivity contribution is 5.87. The van der Waals surface area contributed by atoms with E-state index in [2.05, 4.69) is 19.2 Å². The first-order valence-corrected chi connectivity index (χ1v) is 13.3. The fourth-order valence-electron chi connectivity index (χ4n) is 4.32. The maximum absolute atomic E-state index is 13.7. The van der Waals surface area contributed by atoms with Gasteiger partial charge in [-0.15, -0.1) is 0 Å². The maximum atomic E-state index is 13.7. The number of methoxy groups -OCH3 is 2. The third kappa shape index (κ3) is 9.26. The molecule has 0 aliphatic rings. The molecule has 38 heavy (non-hydrogen) atoms. The minimum absolute atomic E-state index is 0.0194. The van der Waals surface area contributed by atoms with Gasteiger partial charge in [0.1, 0.15) is 5.82 Å². The molecule has 2 aromatic rings. The molecular formula is C30H45FN2O5. The van der Waals surface area contributed by atoms with Crippen LogP contribution < -0.4 is 20.5 Å². The summed E-state index contributed by atoms with van der Waals surface area (Å²) in [5.41, 5.74) is 7.10. The van der Waals surface area contributed by atoms with Gasteiger partial charge in [-0.3, -0.25) is 4.79 Å². The third-order valence-electron chi connectivity index (χ3n) is 7.07. The van der Waals surface area contributed by atoms with Crippen LogP contribution in [0.25, 0.3) is 0 Å². The molecule has 2 rings (SSSR count). The lowest BCUT2D eigenvalue weighted by molar-refractivity contribution is -0.126. The zero-order valence-corrected chi connectivity index (χ0v) is 23.6. The van der Waals surface area contributed by atoms with Crippen molar-refractivity contribution < 1.29 is 28.5 Å². The normalized spacial score (nSPS) is 14.2. The van der Waals surface area contributed by atoms with Gasteiger partial charge in [0.2, 0.25) is 5.91 Å². The molecule has 3 atom stereocenters. The van der Waals surface area contributed by atoms with Crippen molar-refractivity contribution in [1.29, 1.82) is 0 Å². The molecule has 7 nitrogen and oxygen atoms in total. The van der Waals surface area contributed by atoms with Gasteiger partial charge in [-0.25, -0.2) is 4.39 Å². The molecule has 4 N–H and O–H groups in total. The molecule has 0 aromatic heterocycles. The lowest BCUT2D eigenvalue weighted by Gasteiger charge is -2.29. The Balaban J connectivity index is 1.98. The summed E-state index contributed by atoms with van der Waals surface area (Å²) < 4.78 is 30.1. The Hall–Kier alpha value is -2.68. The molecule has 8 heteroatoms. The second kappa shape index (κ2) is 15.0. The highest BCUT2D eigenvalue weighted by Crippen LogP contribution is 2.31. The van der Waals surface area contributed by atoms with Crippen LogP contribution in [-0.4, -0.2) is 57.1 Å². The summed E-state index contributed by atoms with van der Waals surface area (Å²) in [5, 5.41) is 13.5. The number of aliphatic hydroxyl groups excluding tert-OH is 1. The van der Waals surface area contributed by atoms with Gasteiger partial charge >= 0.3 is 0 Å². The standard InChI is InChI=1S/C30H45FN2O5/c1-20(2)22(15-21-11-12-27(37-6)28(16-21)38-14-8-13-36-5)17-25(32)26(34)19-33-29(35)30(3,4)23-9-7-10-24(31)18-23/h7,9-12,16,18,20,22,25-26,34H,8,13-15,17,19,32H2,1-6H3,(H,33,35). The van der Waals surface area contributed by atoms with Gasteiger partial charge in [0.05, 0.1) is 25.2 Å². The van der Waals surface area contributed by atoms with Crippen molar-refractivity contribution in [3.05, 3.63) is 59.4 Å². The van der Waals surface area contributed by atoms with Crippen LogP contribution in [0.3, 0.4) is 0 Å². The number of carbonyl (C=O) groups is 1. The van der Waals surface area contributed by atoms with E-state index in [9.17, 15) is 14.3 Å². The van der Waals surface area contributed by atoms with Crippen molar-refractivity contribution in [1.82, 2.24) is 5.32 Å². The van der Waals surface area contributed by atoms with E-state index in [1.807, 2.05) is 18.2 Å². The third-order valence-corrected chi connectivity index (χ3v) is 7.07. The van der Waals surface area contributed by atoms with Crippen molar-refractivity contribution in [2.75, 3.05) is 34.0 Å². The molecule has 3 unspecified atom stereocenters. The van der Waals surface area contributed by atoms with E-state index < -0.39 is 23.4 Å². The van der Waals surface area contributed by atoms with Crippen molar-refractivity contribution in [2.24, 2.45) is 17.6 Å². The highest BCUT2D eigenvalue weighted by Gasteiger charge is 2.31. The number of carbonyl (C=O) groups excluding carboxylic acids is 1. The highest BCUT2D eigenvalue weighted by atomic mass is 19.1. The molecular weight excluding hydrogens is 487 g/mol. The van der Waals surface area contributed by atoms with Gasteiger partial charge < -0.3 is 30.4 Å². The lowest BCUT2D eigenvalue weighted by atomic mass is 9.82. The average Bonchev–Trinajstić information content (AvgIpc) is 2.89. The summed E-state index contributed by atoms with van der Waals surface area (Å²) in [6.07, 6.45) is 1.20. The van der Waals surface area contributed by atoms with Crippen LogP contribution in [0.4, 0.5) is 4.39 Å². The smallest absolute Gasteiger partial charge is 0.230 e. The number of hydrogen-bond donors (Lipinski definition) is 3. The first kappa shape index (κ1) is 31.5. The number of halogens is 1. The van der Waals surface area contributed by atoms with Crippen molar-refractivity contribution in [3.8, 4) is 11.5 Å². The Bertz CT molecular complexity index is 1010. The van der Waals surface area contributed by atoms with Crippen molar-refractivity contribution >= 4 is 5.91 Å². The number of nitrogens with one attached hydrogen (secondary N) is 1. The van der Waals surface area contributed by atoms with Crippen molar-refractivity contribution in [2.45, 2.75) is 64.5 Å². The van der Waals surface area contributed by atoms with E-state index >= 15 is 0 Å².